The summed E-state index contributed by atoms with van der Waals surface area (Å²) in [5.41, 5.74) is 2.01. The Hall–Kier alpha value is -4.55. The van der Waals surface area contributed by atoms with Crippen molar-refractivity contribution in [1.82, 2.24) is 0 Å². The zero-order valence-electron chi connectivity index (χ0n) is 25.5. The number of aryl methyl sites for hydroxylation is 2. The maximum Gasteiger partial charge on any atom is 0.340 e. The van der Waals surface area contributed by atoms with E-state index in [1.165, 1.54) is 55.6 Å². The molecule has 4 rings (SSSR count). The van der Waals surface area contributed by atoms with Crippen LogP contribution in [-0.2, 0) is 24.8 Å². The highest BCUT2D eigenvalue weighted by atomic mass is 32.2. The fourth-order valence-electron chi connectivity index (χ4n) is 4.24. The summed E-state index contributed by atoms with van der Waals surface area (Å²) in [6.07, 6.45) is 2.70. The number of nitrogens with one attached hydrogen (secondary N) is 2. The van der Waals surface area contributed by atoms with Crippen LogP contribution >= 0.6 is 0 Å². The highest BCUT2D eigenvalue weighted by molar-refractivity contribution is 7.93. The van der Waals surface area contributed by atoms with Gasteiger partial charge in [-0.05, 0) is 74.9 Å². The van der Waals surface area contributed by atoms with Crippen LogP contribution in [0.3, 0.4) is 0 Å². The molecule has 0 amide bonds. The van der Waals surface area contributed by atoms with Gasteiger partial charge in [-0.2, -0.15) is 0 Å². The van der Waals surface area contributed by atoms with Gasteiger partial charge in [0.05, 0.1) is 40.4 Å². The summed E-state index contributed by atoms with van der Waals surface area (Å²) < 4.78 is 74.1. The van der Waals surface area contributed by atoms with E-state index >= 15 is 0 Å². The SMILES string of the molecule is CCCCCOc1cc(Oc2ccc(NS(=O)(=O)c3ccc(C)cc3)c(C(=O)OC)c2)ccc1NS(=O)(=O)c1ccc(C)cc1. The van der Waals surface area contributed by atoms with Crippen molar-refractivity contribution < 1.29 is 35.8 Å². The number of methoxy groups -OCH3 is 1. The van der Waals surface area contributed by atoms with Gasteiger partial charge in [0.15, 0.2) is 0 Å². The molecule has 0 aromatic heterocycles. The summed E-state index contributed by atoms with van der Waals surface area (Å²) in [6, 6.07) is 21.7. The summed E-state index contributed by atoms with van der Waals surface area (Å²) in [5, 5.41) is 0. The van der Waals surface area contributed by atoms with Crippen molar-refractivity contribution in [1.29, 1.82) is 0 Å². The smallest absolute Gasteiger partial charge is 0.340 e. The van der Waals surface area contributed by atoms with Gasteiger partial charge in [-0.25, -0.2) is 21.6 Å². The van der Waals surface area contributed by atoms with E-state index in [2.05, 4.69) is 16.4 Å². The van der Waals surface area contributed by atoms with Crippen molar-refractivity contribution in [2.75, 3.05) is 23.2 Å². The number of carbonyl (C=O) groups excluding carboxylic acids is 1. The molecule has 0 radical (unpaired) electrons. The molecule has 0 aliphatic heterocycles. The first-order chi connectivity index (χ1) is 21.4. The summed E-state index contributed by atoms with van der Waals surface area (Å²) in [5.74, 6) is -0.0148. The van der Waals surface area contributed by atoms with E-state index in [-0.39, 0.29) is 38.2 Å². The van der Waals surface area contributed by atoms with E-state index < -0.39 is 26.0 Å². The molecule has 238 valence electrons. The molecule has 0 atom stereocenters. The molecule has 0 unspecified atom stereocenters. The van der Waals surface area contributed by atoms with Crippen molar-refractivity contribution in [3.05, 3.63) is 102 Å². The minimum absolute atomic E-state index is 0.00980. The van der Waals surface area contributed by atoms with Crippen molar-refractivity contribution >= 4 is 37.4 Å². The minimum atomic E-state index is -4.00. The van der Waals surface area contributed by atoms with Crippen molar-refractivity contribution in [3.8, 4) is 17.2 Å². The van der Waals surface area contributed by atoms with Gasteiger partial charge in [-0.3, -0.25) is 9.44 Å². The van der Waals surface area contributed by atoms with Gasteiger partial charge < -0.3 is 14.2 Å². The van der Waals surface area contributed by atoms with Crippen LogP contribution in [0.4, 0.5) is 11.4 Å². The molecule has 0 heterocycles. The Balaban J connectivity index is 1.62. The minimum Gasteiger partial charge on any atom is -0.491 e. The quantitative estimate of drug-likeness (QED) is 0.109. The van der Waals surface area contributed by atoms with Crippen LogP contribution in [0.2, 0.25) is 0 Å². The first kappa shape index (κ1) is 33.3. The molecule has 4 aromatic rings. The third-order valence-electron chi connectivity index (χ3n) is 6.74. The first-order valence-corrected chi connectivity index (χ1v) is 17.2. The lowest BCUT2D eigenvalue weighted by atomic mass is 10.1. The van der Waals surface area contributed by atoms with E-state index in [9.17, 15) is 21.6 Å². The first-order valence-electron chi connectivity index (χ1n) is 14.3. The number of carbonyl (C=O) groups is 1. The Morgan fingerprint density at radius 2 is 1.20 bits per heavy atom. The predicted octanol–water partition coefficient (Wildman–Crippen LogP) is 7.05. The van der Waals surface area contributed by atoms with Gasteiger partial charge in [0.25, 0.3) is 20.0 Å². The van der Waals surface area contributed by atoms with E-state index in [0.717, 1.165) is 30.4 Å². The number of esters is 1. The third-order valence-corrected chi connectivity index (χ3v) is 9.50. The summed E-state index contributed by atoms with van der Waals surface area (Å²) >= 11 is 0. The lowest BCUT2D eigenvalue weighted by Crippen LogP contribution is -2.16. The van der Waals surface area contributed by atoms with Crippen LogP contribution in [0.1, 0.15) is 47.7 Å². The van der Waals surface area contributed by atoms with Crippen LogP contribution in [0.25, 0.3) is 0 Å². The van der Waals surface area contributed by atoms with Crippen LogP contribution < -0.4 is 18.9 Å². The van der Waals surface area contributed by atoms with E-state index in [4.69, 9.17) is 14.2 Å². The Morgan fingerprint density at radius 1 is 0.689 bits per heavy atom. The number of ether oxygens (including phenoxy) is 3. The monoisotopic (exact) mass is 652 g/mol. The van der Waals surface area contributed by atoms with Gasteiger partial charge >= 0.3 is 5.97 Å². The molecular formula is C33H36N2O8S2. The molecule has 0 bridgehead atoms. The second-order valence-electron chi connectivity index (χ2n) is 10.4. The molecule has 4 aromatic carbocycles. The van der Waals surface area contributed by atoms with Gasteiger partial charge in [-0.1, -0.05) is 55.2 Å². The summed E-state index contributed by atoms with van der Waals surface area (Å²) in [6.45, 7) is 6.14. The lowest BCUT2D eigenvalue weighted by Gasteiger charge is -2.16. The fourth-order valence-corrected chi connectivity index (χ4v) is 6.39. The van der Waals surface area contributed by atoms with Crippen LogP contribution in [0.5, 0.6) is 17.2 Å². The predicted molar refractivity (Wildman–Crippen MR) is 173 cm³/mol. The van der Waals surface area contributed by atoms with Gasteiger partial charge in [0, 0.05) is 6.07 Å². The Kier molecular flexibility index (Phi) is 10.7. The second kappa shape index (κ2) is 14.5. The number of hydrogen-bond donors (Lipinski definition) is 2. The Bertz CT molecular complexity index is 1860. The lowest BCUT2D eigenvalue weighted by molar-refractivity contribution is 0.0601. The normalized spacial score (nSPS) is 11.5. The van der Waals surface area contributed by atoms with Gasteiger partial charge in [-0.15, -0.1) is 0 Å². The van der Waals surface area contributed by atoms with Crippen molar-refractivity contribution in [2.24, 2.45) is 0 Å². The van der Waals surface area contributed by atoms with Gasteiger partial charge in [0.1, 0.15) is 17.2 Å². The molecule has 0 saturated carbocycles. The van der Waals surface area contributed by atoms with Crippen LogP contribution in [-0.4, -0.2) is 36.5 Å². The average Bonchev–Trinajstić information content (AvgIpc) is 3.01. The Labute approximate surface area is 264 Å². The molecule has 0 aliphatic rings. The highest BCUT2D eigenvalue weighted by Gasteiger charge is 2.21. The number of benzene rings is 4. The Morgan fingerprint density at radius 3 is 1.73 bits per heavy atom. The molecule has 0 spiro atoms. The maximum atomic E-state index is 13.1. The number of hydrogen-bond acceptors (Lipinski definition) is 8. The zero-order valence-corrected chi connectivity index (χ0v) is 27.1. The summed E-state index contributed by atoms with van der Waals surface area (Å²) in [4.78, 5) is 12.8. The average molecular weight is 653 g/mol. The number of sulfonamides is 2. The molecule has 0 fully saturated rings. The number of unbranched alkanes of at least 4 members (excludes halogenated alkanes) is 2. The van der Waals surface area contributed by atoms with Crippen LogP contribution in [0.15, 0.2) is 94.7 Å². The summed E-state index contributed by atoms with van der Waals surface area (Å²) in [7, 11) is -6.71. The van der Waals surface area contributed by atoms with Crippen molar-refractivity contribution in [3.63, 3.8) is 0 Å². The van der Waals surface area contributed by atoms with Crippen molar-refractivity contribution in [2.45, 2.75) is 49.8 Å². The van der Waals surface area contributed by atoms with Crippen LogP contribution in [0, 0.1) is 13.8 Å². The van der Waals surface area contributed by atoms with Gasteiger partial charge in [0.2, 0.25) is 0 Å². The highest BCUT2D eigenvalue weighted by Crippen LogP contribution is 2.35. The standard InChI is InChI=1S/C33H36N2O8S2/c1-5-6-7-20-42-32-22-26(13-19-31(32)35-45(39,40)28-16-10-24(3)11-17-28)43-25-12-18-30(29(21-25)33(36)41-4)34-44(37,38)27-14-8-23(2)9-15-27/h8-19,21-22,34-35H,5-7,20H2,1-4H3. The third kappa shape index (κ3) is 8.77. The number of anilines is 2. The topological polar surface area (TPSA) is 137 Å². The molecule has 0 saturated heterocycles. The molecule has 10 nitrogen and oxygen atoms in total. The molecule has 2 N–H and O–H groups in total. The second-order valence-corrected chi connectivity index (χ2v) is 13.7. The zero-order chi connectivity index (χ0) is 32.6. The fraction of sp³-hybridized carbons (Fsp3) is 0.242. The molecule has 12 heteroatoms. The largest absolute Gasteiger partial charge is 0.491 e. The van der Waals surface area contributed by atoms with E-state index in [1.807, 2.05) is 13.8 Å². The van der Waals surface area contributed by atoms with E-state index in [0.29, 0.717) is 12.4 Å². The molecular weight excluding hydrogens is 617 g/mol. The molecule has 0 aliphatic carbocycles. The maximum absolute atomic E-state index is 13.1. The number of rotatable bonds is 14. The molecule has 45 heavy (non-hydrogen) atoms. The van der Waals surface area contributed by atoms with E-state index in [1.54, 1.807) is 36.4 Å².